The van der Waals surface area contributed by atoms with Crippen molar-refractivity contribution in [3.05, 3.63) is 88.7 Å². The molecule has 2 aromatic carbocycles. The Bertz CT molecular complexity index is 1020. The zero-order valence-corrected chi connectivity index (χ0v) is 16.9. The van der Waals surface area contributed by atoms with Crippen molar-refractivity contribution in [2.45, 2.75) is 13.5 Å². The lowest BCUT2D eigenvalue weighted by atomic mass is 10.1. The fourth-order valence-corrected chi connectivity index (χ4v) is 2.87. The minimum atomic E-state index is -0.263. The minimum absolute atomic E-state index is 0.263. The number of nitrogens with zero attached hydrogens (tertiary/aromatic N) is 2. The molecule has 0 radical (unpaired) electrons. The van der Waals surface area contributed by atoms with Gasteiger partial charge in [0.05, 0.1) is 24.4 Å². The molecule has 3 rings (SSSR count). The summed E-state index contributed by atoms with van der Waals surface area (Å²) in [5.41, 5.74) is 2.99. The van der Waals surface area contributed by atoms with Crippen LogP contribution in [0.15, 0.2) is 71.9 Å². The number of hydrogen-bond acceptors (Lipinski definition) is 4. The zero-order valence-electron chi connectivity index (χ0n) is 16.1. The highest BCUT2D eigenvalue weighted by Crippen LogP contribution is 2.27. The van der Waals surface area contributed by atoms with Crippen molar-refractivity contribution in [2.24, 2.45) is 4.99 Å². The van der Waals surface area contributed by atoms with E-state index in [-0.39, 0.29) is 5.91 Å². The van der Waals surface area contributed by atoms with E-state index in [4.69, 9.17) is 16.3 Å². The number of rotatable bonds is 5. The Kier molecular flexibility index (Phi) is 6.81. The van der Waals surface area contributed by atoms with Crippen LogP contribution in [0.2, 0.25) is 5.02 Å². The molecule has 1 amide bonds. The lowest BCUT2D eigenvalue weighted by Crippen LogP contribution is -2.36. The molecule has 0 saturated heterocycles. The Morgan fingerprint density at radius 3 is 2.69 bits per heavy atom. The maximum Gasteiger partial charge on any atom is 0.257 e. The minimum Gasteiger partial charge on any atom is -0.495 e. The molecule has 0 bridgehead atoms. The lowest BCUT2D eigenvalue weighted by molar-refractivity contribution is 0.0977. The summed E-state index contributed by atoms with van der Waals surface area (Å²) in [4.78, 5) is 21.4. The standard InChI is InChI=1S/C22H21ClN4O2/c1-15-6-5-7-16(12-15)21(28)27-22(25-14-18-8-3-4-11-24-18)26-17-9-10-20(29-2)19(23)13-17/h3-13H,14H2,1-2H3,(H2,25,26,27,28). The van der Waals surface area contributed by atoms with Gasteiger partial charge >= 0.3 is 0 Å². The quantitative estimate of drug-likeness (QED) is 0.483. The van der Waals surface area contributed by atoms with Crippen LogP contribution in [0.25, 0.3) is 0 Å². The molecule has 29 heavy (non-hydrogen) atoms. The molecule has 0 aliphatic carbocycles. The van der Waals surface area contributed by atoms with Crippen LogP contribution in [0.1, 0.15) is 21.6 Å². The number of benzene rings is 2. The van der Waals surface area contributed by atoms with Crippen molar-refractivity contribution < 1.29 is 9.53 Å². The maximum absolute atomic E-state index is 12.7. The number of carbonyl (C=O) groups excluding carboxylic acids is 1. The normalized spacial score (nSPS) is 11.1. The molecule has 0 saturated carbocycles. The van der Waals surface area contributed by atoms with E-state index in [9.17, 15) is 4.79 Å². The Balaban J connectivity index is 1.82. The summed E-state index contributed by atoms with van der Waals surface area (Å²) in [6.07, 6.45) is 1.70. The number of guanidine groups is 1. The number of aliphatic imine (C=N–C) groups is 1. The number of hydrogen-bond donors (Lipinski definition) is 2. The summed E-state index contributed by atoms with van der Waals surface area (Å²) >= 11 is 6.20. The predicted molar refractivity (Wildman–Crippen MR) is 116 cm³/mol. The highest BCUT2D eigenvalue weighted by atomic mass is 35.5. The fourth-order valence-electron chi connectivity index (χ4n) is 2.61. The molecular formula is C22H21ClN4O2. The predicted octanol–water partition coefficient (Wildman–Crippen LogP) is 4.45. The van der Waals surface area contributed by atoms with Crippen LogP contribution >= 0.6 is 11.6 Å². The van der Waals surface area contributed by atoms with E-state index in [2.05, 4.69) is 20.6 Å². The molecule has 0 unspecified atom stereocenters. The average Bonchev–Trinajstić information content (AvgIpc) is 2.73. The number of ether oxygens (including phenoxy) is 1. The number of anilines is 1. The molecular weight excluding hydrogens is 388 g/mol. The SMILES string of the molecule is COc1ccc(NC(=NCc2ccccn2)NC(=O)c2cccc(C)c2)cc1Cl. The number of carbonyl (C=O) groups is 1. The van der Waals surface area contributed by atoms with Crippen molar-refractivity contribution in [1.29, 1.82) is 0 Å². The Hall–Kier alpha value is -3.38. The number of aryl methyl sites for hydroxylation is 1. The second-order valence-corrected chi connectivity index (χ2v) is 6.69. The third kappa shape index (κ3) is 5.80. The Labute approximate surface area is 174 Å². The lowest BCUT2D eigenvalue weighted by Gasteiger charge is -2.13. The van der Waals surface area contributed by atoms with Crippen LogP contribution in [0.3, 0.4) is 0 Å². The molecule has 0 fully saturated rings. The van der Waals surface area contributed by atoms with Crippen LogP contribution in [0.5, 0.6) is 5.75 Å². The average molecular weight is 409 g/mol. The summed E-state index contributed by atoms with van der Waals surface area (Å²) in [7, 11) is 1.55. The van der Waals surface area contributed by atoms with E-state index in [0.29, 0.717) is 34.5 Å². The zero-order chi connectivity index (χ0) is 20.6. The van der Waals surface area contributed by atoms with Gasteiger partial charge in [-0.25, -0.2) is 4.99 Å². The second-order valence-electron chi connectivity index (χ2n) is 6.28. The molecule has 7 heteroatoms. The van der Waals surface area contributed by atoms with E-state index >= 15 is 0 Å². The maximum atomic E-state index is 12.7. The summed E-state index contributed by atoms with van der Waals surface area (Å²) in [5, 5.41) is 6.38. The molecule has 1 heterocycles. The summed E-state index contributed by atoms with van der Waals surface area (Å²) in [6, 6.07) is 18.2. The molecule has 3 aromatic rings. The largest absolute Gasteiger partial charge is 0.495 e. The van der Waals surface area contributed by atoms with Crippen molar-refractivity contribution in [2.75, 3.05) is 12.4 Å². The van der Waals surface area contributed by atoms with Gasteiger partial charge in [0.15, 0.2) is 0 Å². The van der Waals surface area contributed by atoms with Gasteiger partial charge in [-0.1, -0.05) is 35.4 Å². The number of methoxy groups -OCH3 is 1. The molecule has 0 atom stereocenters. The third-order valence-corrected chi connectivity index (χ3v) is 4.35. The molecule has 1 aromatic heterocycles. The first-order valence-electron chi connectivity index (χ1n) is 8.98. The fraction of sp³-hybridized carbons (Fsp3) is 0.136. The summed E-state index contributed by atoms with van der Waals surface area (Å²) in [5.74, 6) is 0.594. The topological polar surface area (TPSA) is 75.6 Å². The summed E-state index contributed by atoms with van der Waals surface area (Å²) < 4.78 is 5.18. The number of nitrogens with one attached hydrogen (secondary N) is 2. The van der Waals surface area contributed by atoms with Gasteiger partial charge in [0.1, 0.15) is 5.75 Å². The molecule has 0 aliphatic rings. The number of halogens is 1. The van der Waals surface area contributed by atoms with E-state index in [1.807, 2.05) is 43.3 Å². The van der Waals surface area contributed by atoms with Gasteiger partial charge < -0.3 is 10.1 Å². The van der Waals surface area contributed by atoms with Crippen molar-refractivity contribution in [3.63, 3.8) is 0 Å². The van der Waals surface area contributed by atoms with E-state index in [0.717, 1.165) is 11.3 Å². The van der Waals surface area contributed by atoms with Crippen molar-refractivity contribution in [1.82, 2.24) is 10.3 Å². The monoisotopic (exact) mass is 408 g/mol. The van der Waals surface area contributed by atoms with Crippen molar-refractivity contribution >= 4 is 29.2 Å². The Morgan fingerprint density at radius 2 is 2.00 bits per heavy atom. The molecule has 0 spiro atoms. The first-order chi connectivity index (χ1) is 14.0. The number of aromatic nitrogens is 1. The molecule has 2 N–H and O–H groups in total. The number of amides is 1. The summed E-state index contributed by atoms with van der Waals surface area (Å²) in [6.45, 7) is 2.24. The highest BCUT2D eigenvalue weighted by Gasteiger charge is 2.11. The van der Waals surface area contributed by atoms with Gasteiger partial charge in [-0.05, 0) is 49.4 Å². The molecule has 0 aliphatic heterocycles. The Morgan fingerprint density at radius 1 is 1.14 bits per heavy atom. The van der Waals surface area contributed by atoms with Gasteiger partial charge in [-0.2, -0.15) is 0 Å². The van der Waals surface area contributed by atoms with Gasteiger partial charge in [0, 0.05) is 17.4 Å². The molecule has 6 nitrogen and oxygen atoms in total. The number of pyridine rings is 1. The van der Waals surface area contributed by atoms with Crippen LogP contribution < -0.4 is 15.4 Å². The second kappa shape index (κ2) is 9.71. The smallest absolute Gasteiger partial charge is 0.257 e. The van der Waals surface area contributed by atoms with E-state index in [1.165, 1.54) is 0 Å². The van der Waals surface area contributed by atoms with Gasteiger partial charge in [0.2, 0.25) is 5.96 Å². The van der Waals surface area contributed by atoms with Gasteiger partial charge in [0.25, 0.3) is 5.91 Å². The van der Waals surface area contributed by atoms with Crippen LogP contribution in [0.4, 0.5) is 5.69 Å². The first-order valence-corrected chi connectivity index (χ1v) is 9.36. The highest BCUT2D eigenvalue weighted by molar-refractivity contribution is 6.32. The van der Waals surface area contributed by atoms with Crippen LogP contribution in [-0.4, -0.2) is 24.0 Å². The van der Waals surface area contributed by atoms with E-state index in [1.54, 1.807) is 37.6 Å². The van der Waals surface area contributed by atoms with Crippen LogP contribution in [-0.2, 0) is 6.54 Å². The molecule has 148 valence electrons. The van der Waals surface area contributed by atoms with Gasteiger partial charge in [-0.3, -0.25) is 15.1 Å². The first kappa shape index (κ1) is 20.4. The van der Waals surface area contributed by atoms with E-state index < -0.39 is 0 Å². The third-order valence-electron chi connectivity index (χ3n) is 4.05. The van der Waals surface area contributed by atoms with Crippen molar-refractivity contribution in [3.8, 4) is 5.75 Å². The van der Waals surface area contributed by atoms with Gasteiger partial charge in [-0.15, -0.1) is 0 Å². The van der Waals surface area contributed by atoms with Crippen LogP contribution in [0, 0.1) is 6.92 Å².